The Hall–Kier alpha value is -0.480. The molecule has 0 amide bonds. The summed E-state index contributed by atoms with van der Waals surface area (Å²) < 4.78 is 28.4. The van der Waals surface area contributed by atoms with Gasteiger partial charge in [-0.15, -0.1) is 0 Å². The first-order valence-corrected chi connectivity index (χ1v) is 6.66. The van der Waals surface area contributed by atoms with Crippen LogP contribution in [0.1, 0.15) is 31.2 Å². The predicted molar refractivity (Wildman–Crippen MR) is 68.1 cm³/mol. The Morgan fingerprint density at radius 2 is 2.00 bits per heavy atom. The van der Waals surface area contributed by atoms with Gasteiger partial charge in [-0.1, -0.05) is 15.9 Å². The van der Waals surface area contributed by atoms with Crippen LogP contribution < -0.4 is 5.73 Å². The molecule has 1 nitrogen and oxygen atoms in total. The first kappa shape index (κ1) is 13.0. The smallest absolute Gasteiger partial charge is 0.123 e. The molecule has 94 valence electrons. The van der Waals surface area contributed by atoms with Gasteiger partial charge >= 0.3 is 0 Å². The normalized spacial score (nSPS) is 29.3. The van der Waals surface area contributed by atoms with Gasteiger partial charge in [-0.25, -0.2) is 8.78 Å². The van der Waals surface area contributed by atoms with Crippen LogP contribution in [0, 0.1) is 5.82 Å². The van der Waals surface area contributed by atoms with E-state index >= 15 is 0 Å². The molecule has 4 heteroatoms. The van der Waals surface area contributed by atoms with Crippen LogP contribution in [0.5, 0.6) is 0 Å². The molecule has 1 aromatic rings. The molecule has 0 spiro atoms. The van der Waals surface area contributed by atoms with E-state index in [2.05, 4.69) is 15.9 Å². The van der Waals surface area contributed by atoms with E-state index in [0.29, 0.717) is 31.2 Å². The van der Waals surface area contributed by atoms with E-state index in [0.717, 1.165) is 4.47 Å². The van der Waals surface area contributed by atoms with Crippen molar-refractivity contribution in [2.45, 2.75) is 43.8 Å². The molecule has 1 aliphatic carbocycles. The third-order valence-electron chi connectivity index (χ3n) is 3.44. The Labute approximate surface area is 109 Å². The molecule has 2 rings (SSSR count). The lowest BCUT2D eigenvalue weighted by atomic mass is 9.80. The van der Waals surface area contributed by atoms with Gasteiger partial charge in [-0.2, -0.15) is 0 Å². The molecule has 0 atom stereocenters. The number of rotatable bonds is 2. The van der Waals surface area contributed by atoms with Gasteiger partial charge in [0.25, 0.3) is 0 Å². The summed E-state index contributed by atoms with van der Waals surface area (Å²) in [4.78, 5) is 0. The Bertz CT molecular complexity index is 400. The van der Waals surface area contributed by atoms with Crippen molar-refractivity contribution in [3.8, 4) is 0 Å². The fraction of sp³-hybridized carbons (Fsp3) is 0.538. The second-order valence-corrected chi connectivity index (χ2v) is 5.76. The molecule has 0 unspecified atom stereocenters. The summed E-state index contributed by atoms with van der Waals surface area (Å²) in [6.45, 7) is 0. The minimum Gasteiger partial charge on any atom is -0.328 e. The highest BCUT2D eigenvalue weighted by molar-refractivity contribution is 9.10. The summed E-state index contributed by atoms with van der Waals surface area (Å²) in [5.41, 5.74) is 5.23. The molecule has 1 aromatic carbocycles. The van der Waals surface area contributed by atoms with E-state index in [-0.39, 0.29) is 18.3 Å². The molecule has 0 aromatic heterocycles. The fourth-order valence-electron chi connectivity index (χ4n) is 2.35. The van der Waals surface area contributed by atoms with E-state index in [1.165, 1.54) is 12.1 Å². The molecular weight excluding hydrogens is 288 g/mol. The Kier molecular flexibility index (Phi) is 3.83. The first-order chi connectivity index (χ1) is 7.98. The predicted octanol–water partition coefficient (Wildman–Crippen LogP) is 3.74. The van der Waals surface area contributed by atoms with Crippen molar-refractivity contribution in [1.29, 1.82) is 0 Å². The molecular formula is C13H16BrF2N. The Balaban J connectivity index is 2.12. The summed E-state index contributed by atoms with van der Waals surface area (Å²) >= 11 is 3.34. The zero-order chi connectivity index (χ0) is 12.5. The maximum Gasteiger partial charge on any atom is 0.123 e. The fourth-order valence-corrected chi connectivity index (χ4v) is 2.74. The molecule has 1 saturated carbocycles. The molecule has 0 heterocycles. The standard InChI is InChI=1S/C13H16BrF2N/c14-12-2-1-10(15)7-9(12)8-13(16)5-3-11(17)4-6-13/h1-2,7,11H,3-6,8,17H2. The van der Waals surface area contributed by atoms with Crippen molar-refractivity contribution in [2.75, 3.05) is 0 Å². The average molecular weight is 304 g/mol. The van der Waals surface area contributed by atoms with Crippen LogP contribution in [0.15, 0.2) is 22.7 Å². The zero-order valence-electron chi connectivity index (χ0n) is 9.56. The van der Waals surface area contributed by atoms with Gasteiger partial charge in [0.05, 0.1) is 0 Å². The average Bonchev–Trinajstić information content (AvgIpc) is 2.28. The number of hydrogen-bond donors (Lipinski definition) is 1. The maximum atomic E-state index is 14.5. The molecule has 0 saturated heterocycles. The van der Waals surface area contributed by atoms with Crippen LogP contribution in [0.4, 0.5) is 8.78 Å². The van der Waals surface area contributed by atoms with Crippen LogP contribution in [0.25, 0.3) is 0 Å². The van der Waals surface area contributed by atoms with Gasteiger partial charge in [0.15, 0.2) is 0 Å². The van der Waals surface area contributed by atoms with Crippen LogP contribution in [-0.2, 0) is 6.42 Å². The summed E-state index contributed by atoms with van der Waals surface area (Å²) in [6.07, 6.45) is 2.62. The third-order valence-corrected chi connectivity index (χ3v) is 4.21. The highest BCUT2D eigenvalue weighted by atomic mass is 79.9. The number of hydrogen-bond acceptors (Lipinski definition) is 1. The SMILES string of the molecule is NC1CCC(F)(Cc2cc(F)ccc2Br)CC1. The van der Waals surface area contributed by atoms with E-state index < -0.39 is 5.67 Å². The lowest BCUT2D eigenvalue weighted by Gasteiger charge is -2.32. The zero-order valence-corrected chi connectivity index (χ0v) is 11.1. The maximum absolute atomic E-state index is 14.5. The molecule has 0 aliphatic heterocycles. The summed E-state index contributed by atoms with van der Waals surface area (Å²) in [5, 5.41) is 0. The van der Waals surface area contributed by atoms with E-state index in [1.54, 1.807) is 6.07 Å². The summed E-state index contributed by atoms with van der Waals surface area (Å²) in [7, 11) is 0. The number of halogens is 3. The van der Waals surface area contributed by atoms with Gasteiger partial charge < -0.3 is 5.73 Å². The number of alkyl halides is 1. The molecule has 0 bridgehead atoms. The summed E-state index contributed by atoms with van der Waals surface area (Å²) in [5.74, 6) is -0.320. The van der Waals surface area contributed by atoms with Crippen molar-refractivity contribution in [3.05, 3.63) is 34.1 Å². The molecule has 1 aliphatic rings. The quantitative estimate of drug-likeness (QED) is 0.885. The molecule has 0 radical (unpaired) electrons. The highest BCUT2D eigenvalue weighted by Crippen LogP contribution is 2.36. The van der Waals surface area contributed by atoms with Crippen molar-refractivity contribution in [2.24, 2.45) is 5.73 Å². The topological polar surface area (TPSA) is 26.0 Å². The second-order valence-electron chi connectivity index (χ2n) is 4.90. The van der Waals surface area contributed by atoms with Crippen LogP contribution >= 0.6 is 15.9 Å². The van der Waals surface area contributed by atoms with E-state index in [1.807, 2.05) is 0 Å². The molecule has 2 N–H and O–H groups in total. The lowest BCUT2D eigenvalue weighted by molar-refractivity contribution is 0.0992. The van der Waals surface area contributed by atoms with E-state index in [9.17, 15) is 8.78 Å². The lowest BCUT2D eigenvalue weighted by Crippen LogP contribution is -2.37. The van der Waals surface area contributed by atoms with Crippen LogP contribution in [-0.4, -0.2) is 11.7 Å². The second kappa shape index (κ2) is 5.02. The molecule has 17 heavy (non-hydrogen) atoms. The van der Waals surface area contributed by atoms with Gasteiger partial charge in [0.1, 0.15) is 11.5 Å². The molecule has 1 fully saturated rings. The number of nitrogens with two attached hydrogens (primary N) is 1. The number of benzene rings is 1. The Morgan fingerprint density at radius 1 is 1.35 bits per heavy atom. The third kappa shape index (κ3) is 3.26. The Morgan fingerprint density at radius 3 is 2.65 bits per heavy atom. The van der Waals surface area contributed by atoms with Crippen molar-refractivity contribution in [3.63, 3.8) is 0 Å². The van der Waals surface area contributed by atoms with Crippen molar-refractivity contribution >= 4 is 15.9 Å². The highest BCUT2D eigenvalue weighted by Gasteiger charge is 2.34. The first-order valence-electron chi connectivity index (χ1n) is 5.87. The van der Waals surface area contributed by atoms with Gasteiger partial charge in [0.2, 0.25) is 0 Å². The van der Waals surface area contributed by atoms with E-state index in [4.69, 9.17) is 5.73 Å². The van der Waals surface area contributed by atoms with Crippen LogP contribution in [0.2, 0.25) is 0 Å². The minimum absolute atomic E-state index is 0.120. The van der Waals surface area contributed by atoms with Crippen LogP contribution in [0.3, 0.4) is 0 Å². The van der Waals surface area contributed by atoms with Gasteiger partial charge in [-0.3, -0.25) is 0 Å². The summed E-state index contributed by atoms with van der Waals surface area (Å²) in [6, 6.07) is 4.52. The minimum atomic E-state index is -1.23. The largest absolute Gasteiger partial charge is 0.328 e. The van der Waals surface area contributed by atoms with Crippen molar-refractivity contribution < 1.29 is 8.78 Å². The van der Waals surface area contributed by atoms with Gasteiger partial charge in [-0.05, 0) is 49.4 Å². The van der Waals surface area contributed by atoms with Gasteiger partial charge in [0, 0.05) is 16.9 Å². The van der Waals surface area contributed by atoms with Crippen molar-refractivity contribution in [1.82, 2.24) is 0 Å². The monoisotopic (exact) mass is 303 g/mol.